The number of carbonyl (C=O) groups excluding carboxylic acids is 2. The molecule has 2 N–H and O–H groups in total. The molecule has 7 heteroatoms. The minimum atomic E-state index is -1.61. The van der Waals surface area contributed by atoms with Crippen molar-refractivity contribution in [3.63, 3.8) is 0 Å². The number of allylic oxidation sites excluding steroid dienone is 1. The number of ether oxygens (including phenoxy) is 1. The highest BCUT2D eigenvalue weighted by molar-refractivity contribution is 6.09. The van der Waals surface area contributed by atoms with E-state index in [2.05, 4.69) is 5.32 Å². The molecular weight excluding hydrogens is 432 g/mol. The molecule has 0 saturated carbocycles. The highest BCUT2D eigenvalue weighted by Gasteiger charge is 2.68. The third kappa shape index (κ3) is 4.12. The van der Waals surface area contributed by atoms with Gasteiger partial charge in [0.25, 0.3) is 0 Å². The molecule has 0 aromatic heterocycles. The quantitative estimate of drug-likeness (QED) is 0.438. The Morgan fingerprint density at radius 1 is 1.12 bits per heavy atom. The summed E-state index contributed by atoms with van der Waals surface area (Å²) in [5.41, 5.74) is -0.0674. The molecule has 178 valence electrons. The van der Waals surface area contributed by atoms with Crippen LogP contribution in [0, 0.1) is 11.8 Å². The van der Waals surface area contributed by atoms with Crippen molar-refractivity contribution in [1.29, 1.82) is 0 Å². The van der Waals surface area contributed by atoms with Crippen LogP contribution in [0.3, 0.4) is 0 Å². The topological polar surface area (TPSA) is 95.9 Å². The Morgan fingerprint density at radius 3 is 2.44 bits per heavy atom. The first kappa shape index (κ1) is 23.7. The number of nitrogens with zero attached hydrogens (tertiary/aromatic N) is 1. The van der Waals surface area contributed by atoms with E-state index in [1.165, 1.54) is 4.90 Å². The number of hydrogen-bond acceptors (Lipinski definition) is 5. The largest absolute Gasteiger partial charge is 0.494 e. The van der Waals surface area contributed by atoms with Crippen LogP contribution in [0.1, 0.15) is 37.4 Å². The number of carbonyl (C=O) groups is 3. The van der Waals surface area contributed by atoms with Crippen molar-refractivity contribution < 1.29 is 24.2 Å². The molecule has 34 heavy (non-hydrogen) atoms. The zero-order valence-corrected chi connectivity index (χ0v) is 19.4. The first-order valence-corrected chi connectivity index (χ1v) is 11.7. The number of benzene rings is 2. The number of fused-ring (bicyclic) bond motifs is 1. The number of rotatable bonds is 9. The molecule has 2 amide bonds. The second kappa shape index (κ2) is 9.81. The molecule has 0 aliphatic carbocycles. The zero-order chi connectivity index (χ0) is 24.3. The lowest BCUT2D eigenvalue weighted by molar-refractivity contribution is -0.151. The van der Waals surface area contributed by atoms with Gasteiger partial charge in [0.2, 0.25) is 11.8 Å². The molecule has 7 nitrogen and oxygen atoms in total. The van der Waals surface area contributed by atoms with E-state index in [0.29, 0.717) is 12.4 Å². The highest BCUT2D eigenvalue weighted by Crippen LogP contribution is 2.50. The van der Waals surface area contributed by atoms with E-state index in [-0.39, 0.29) is 18.9 Å². The summed E-state index contributed by atoms with van der Waals surface area (Å²) < 4.78 is 5.67. The summed E-state index contributed by atoms with van der Waals surface area (Å²) in [5.74, 6) is -3.02. The Balaban J connectivity index is 1.76. The molecule has 2 heterocycles. The van der Waals surface area contributed by atoms with Crippen molar-refractivity contribution in [3.05, 3.63) is 77.9 Å². The zero-order valence-electron chi connectivity index (χ0n) is 19.4. The van der Waals surface area contributed by atoms with Gasteiger partial charge in [0.15, 0.2) is 0 Å². The summed E-state index contributed by atoms with van der Waals surface area (Å²) in [5, 5.41) is 13.7. The lowest BCUT2D eigenvalue weighted by Gasteiger charge is -2.31. The Morgan fingerprint density at radius 2 is 1.82 bits per heavy atom. The van der Waals surface area contributed by atoms with Gasteiger partial charge in [-0.25, -0.2) is 0 Å². The molecule has 0 bridgehead atoms. The van der Waals surface area contributed by atoms with Crippen molar-refractivity contribution in [2.45, 2.75) is 38.3 Å². The van der Waals surface area contributed by atoms with E-state index in [1.54, 1.807) is 12.2 Å². The maximum Gasteiger partial charge on any atom is 0.325 e. The van der Waals surface area contributed by atoms with E-state index in [9.17, 15) is 19.5 Å². The highest BCUT2D eigenvalue weighted by atomic mass is 16.5. The summed E-state index contributed by atoms with van der Waals surface area (Å²) in [6.45, 7) is 4.57. The number of carboxylic acids is 1. The Labute approximate surface area is 199 Å². The lowest BCUT2D eigenvalue weighted by atomic mass is 9.76. The van der Waals surface area contributed by atoms with Crippen molar-refractivity contribution in [2.75, 3.05) is 13.2 Å². The van der Waals surface area contributed by atoms with Gasteiger partial charge >= 0.3 is 5.97 Å². The van der Waals surface area contributed by atoms with E-state index >= 15 is 0 Å². The van der Waals surface area contributed by atoms with E-state index < -0.39 is 35.3 Å². The molecule has 2 aromatic rings. The Bertz CT molecular complexity index is 1080. The minimum absolute atomic E-state index is 0.0923. The van der Waals surface area contributed by atoms with Gasteiger partial charge in [-0.1, -0.05) is 61.5 Å². The van der Waals surface area contributed by atoms with Crippen molar-refractivity contribution >= 4 is 17.8 Å². The SMILES string of the molecule is C/C=C/CN1C(=O)C2C(c3ccc(OCCC)cc3)NC(Cc3ccccc3)(C(=O)O)C2C1=O. The number of likely N-dealkylation sites (tertiary alicyclic amines) is 1. The monoisotopic (exact) mass is 462 g/mol. The summed E-state index contributed by atoms with van der Waals surface area (Å²) in [6, 6.07) is 15.9. The van der Waals surface area contributed by atoms with Crippen LogP contribution in [0.15, 0.2) is 66.7 Å². The van der Waals surface area contributed by atoms with Gasteiger partial charge in [0, 0.05) is 19.0 Å². The van der Waals surface area contributed by atoms with Gasteiger partial charge in [0.05, 0.1) is 18.4 Å². The Hall–Kier alpha value is -3.45. The van der Waals surface area contributed by atoms with Gasteiger partial charge in [-0.15, -0.1) is 0 Å². The maximum atomic E-state index is 13.5. The first-order valence-electron chi connectivity index (χ1n) is 11.7. The van der Waals surface area contributed by atoms with E-state index in [0.717, 1.165) is 17.5 Å². The van der Waals surface area contributed by atoms with E-state index in [4.69, 9.17) is 4.74 Å². The van der Waals surface area contributed by atoms with Crippen molar-refractivity contribution in [1.82, 2.24) is 10.2 Å². The van der Waals surface area contributed by atoms with Crippen LogP contribution < -0.4 is 10.1 Å². The summed E-state index contributed by atoms with van der Waals surface area (Å²) in [7, 11) is 0. The summed E-state index contributed by atoms with van der Waals surface area (Å²) in [6.07, 6.45) is 4.48. The lowest BCUT2D eigenvalue weighted by Crippen LogP contribution is -2.57. The average molecular weight is 463 g/mol. The van der Waals surface area contributed by atoms with Crippen LogP contribution in [0.5, 0.6) is 5.75 Å². The number of carboxylic acid groups (broad SMARTS) is 1. The number of nitrogens with one attached hydrogen (secondary N) is 1. The molecule has 4 rings (SSSR count). The second-order valence-electron chi connectivity index (χ2n) is 8.84. The van der Waals surface area contributed by atoms with E-state index in [1.807, 2.05) is 68.4 Å². The van der Waals surface area contributed by atoms with Gasteiger partial charge < -0.3 is 9.84 Å². The first-order chi connectivity index (χ1) is 16.4. The molecule has 0 radical (unpaired) electrons. The summed E-state index contributed by atoms with van der Waals surface area (Å²) >= 11 is 0. The van der Waals surface area contributed by atoms with Crippen LogP contribution in [-0.2, 0) is 20.8 Å². The third-order valence-electron chi connectivity index (χ3n) is 6.69. The molecular formula is C27H30N2O5. The number of amides is 2. The maximum absolute atomic E-state index is 13.5. The number of hydrogen-bond donors (Lipinski definition) is 2. The molecule has 4 unspecified atom stereocenters. The second-order valence-corrected chi connectivity index (χ2v) is 8.84. The fourth-order valence-electron chi connectivity index (χ4n) is 5.08. The molecule has 2 aliphatic rings. The molecule has 2 aliphatic heterocycles. The van der Waals surface area contributed by atoms with Crippen LogP contribution in [-0.4, -0.2) is 46.5 Å². The van der Waals surface area contributed by atoms with Crippen molar-refractivity contribution in [3.8, 4) is 5.75 Å². The van der Waals surface area contributed by atoms with Gasteiger partial charge in [0.1, 0.15) is 11.3 Å². The smallest absolute Gasteiger partial charge is 0.325 e. The fraction of sp³-hybridized carbons (Fsp3) is 0.370. The predicted octanol–water partition coefficient (Wildman–Crippen LogP) is 3.36. The minimum Gasteiger partial charge on any atom is -0.494 e. The Kier molecular flexibility index (Phi) is 6.84. The molecule has 2 saturated heterocycles. The molecule has 2 aromatic carbocycles. The normalized spacial score (nSPS) is 26.3. The fourth-order valence-corrected chi connectivity index (χ4v) is 5.08. The van der Waals surface area contributed by atoms with Gasteiger partial charge in [-0.2, -0.15) is 0 Å². The number of aliphatic carboxylic acids is 1. The average Bonchev–Trinajstić information content (AvgIpc) is 3.31. The van der Waals surface area contributed by atoms with Crippen LogP contribution in [0.2, 0.25) is 0 Å². The molecule has 2 fully saturated rings. The predicted molar refractivity (Wildman–Crippen MR) is 127 cm³/mol. The van der Waals surface area contributed by atoms with Crippen LogP contribution >= 0.6 is 0 Å². The standard InChI is InChI=1S/C27H30N2O5/c1-3-5-15-29-24(30)21-22(25(29)31)27(26(32)33,17-18-9-7-6-8-10-18)28-23(21)19-11-13-20(14-12-19)34-16-4-2/h3,5-14,21-23,28H,4,15-17H2,1-2H3,(H,32,33)/b5-3+. The van der Waals surface area contributed by atoms with Crippen molar-refractivity contribution in [2.24, 2.45) is 11.8 Å². The number of imide groups is 1. The summed E-state index contributed by atoms with van der Waals surface area (Å²) in [4.78, 5) is 41.0. The molecule has 0 spiro atoms. The van der Waals surface area contributed by atoms with Gasteiger partial charge in [-0.05, 0) is 36.6 Å². The third-order valence-corrected chi connectivity index (χ3v) is 6.69. The molecule has 4 atom stereocenters. The van der Waals surface area contributed by atoms with Crippen LogP contribution in [0.25, 0.3) is 0 Å². The van der Waals surface area contributed by atoms with Crippen LogP contribution in [0.4, 0.5) is 0 Å². The van der Waals surface area contributed by atoms with Gasteiger partial charge in [-0.3, -0.25) is 24.6 Å².